The summed E-state index contributed by atoms with van der Waals surface area (Å²) in [5, 5.41) is 24.7. The van der Waals surface area contributed by atoms with Crippen LogP contribution < -0.4 is 47.9 Å². The summed E-state index contributed by atoms with van der Waals surface area (Å²) in [6.45, 7) is 16.4. The van der Waals surface area contributed by atoms with E-state index in [1.165, 1.54) is 27.7 Å². The van der Waals surface area contributed by atoms with Crippen LogP contribution >= 0.6 is 0 Å². The molecule has 45 heteroatoms. The van der Waals surface area contributed by atoms with Gasteiger partial charge >= 0.3 is 53.7 Å². The fourth-order valence-electron chi connectivity index (χ4n) is 13.0. The number of amides is 9. The Morgan fingerprint density at radius 2 is 0.516 bits per heavy atom. The van der Waals surface area contributed by atoms with E-state index in [0.717, 1.165) is 55.4 Å². The van der Waals surface area contributed by atoms with Crippen molar-refractivity contribution in [3.05, 3.63) is 0 Å². The molecule has 3 rings (SSSR count). The van der Waals surface area contributed by atoms with Crippen molar-refractivity contribution in [2.24, 2.45) is 5.41 Å². The van der Waals surface area contributed by atoms with Crippen molar-refractivity contribution in [1.29, 1.82) is 0 Å². The molecule has 0 unspecified atom stereocenters. The highest BCUT2D eigenvalue weighted by Crippen LogP contribution is 2.33. The summed E-state index contributed by atoms with van der Waals surface area (Å²) in [5.74, 6) is -9.77. The van der Waals surface area contributed by atoms with Crippen LogP contribution in [0.2, 0.25) is 0 Å². The number of carbonyl (C=O) groups is 18. The van der Waals surface area contributed by atoms with Crippen molar-refractivity contribution in [1.82, 2.24) is 47.9 Å². The number of hydrogen-bond acceptors (Lipinski definition) is 36. The lowest BCUT2D eigenvalue weighted by atomic mass is 9.94. The number of nitrogens with one attached hydrogen (secondary N) is 9. The monoisotopic (exact) mass is 1810 g/mol. The number of esters is 9. The Morgan fingerprint density at radius 3 is 0.770 bits per heavy atom. The summed E-state index contributed by atoms with van der Waals surface area (Å²) in [6.07, 6.45) is -11.0. The largest absolute Gasteiger partial charge is 0.466 e. The number of carbonyl (C=O) groups excluding carboxylic acids is 18. The second-order valence-corrected chi connectivity index (χ2v) is 30.3. The first-order valence-electron chi connectivity index (χ1n) is 42.2. The maximum Gasteiger partial charge on any atom is 0.303 e. The van der Waals surface area contributed by atoms with E-state index in [0.29, 0.717) is 57.8 Å². The fourth-order valence-corrected chi connectivity index (χ4v) is 13.0. The zero-order valence-electron chi connectivity index (χ0n) is 74.4. The SMILES string of the molecule is CC(=O)N[C@H]1[C@H](OCCCCC(=O)NCCCNC(=O)CCOCC(C)(COCCC(=O)NCCCNC(=O)CCCCO[C@@H]2O[C@H](COC(C)=O)[C@H](OC(C)=O)[C@H](OC(C)=O)[C@H]2NC(C)=O)COCCC(=O)NCCCNC(=O)CCCCO[C@@H]2O[C@H](COC(C)=O)[C@H](OC(C)=O)[C@H](OC(C)=O)[C@H]2NC(C)=O)O[C@H](CCOC(C)=O)[C@H](OC(C)=O)[C@@H]1OC(C)=O. The van der Waals surface area contributed by atoms with E-state index >= 15 is 0 Å². The number of rotatable bonds is 61. The molecule has 0 aromatic rings. The molecule has 0 aromatic heterocycles. The van der Waals surface area contributed by atoms with Gasteiger partial charge in [-0.25, -0.2) is 0 Å². The molecule has 126 heavy (non-hydrogen) atoms. The van der Waals surface area contributed by atoms with Crippen LogP contribution in [0.1, 0.15) is 193 Å². The Labute approximate surface area is 732 Å². The molecule has 716 valence electrons. The molecule has 0 radical (unpaired) electrons. The maximum absolute atomic E-state index is 12.9. The molecule has 0 aromatic carbocycles. The molecule has 0 spiro atoms. The molecule has 0 aliphatic carbocycles. The van der Waals surface area contributed by atoms with Crippen LogP contribution in [0.25, 0.3) is 0 Å². The Morgan fingerprint density at radius 1 is 0.270 bits per heavy atom. The van der Waals surface area contributed by atoms with Crippen molar-refractivity contribution >= 4 is 107 Å². The molecule has 9 N–H and O–H groups in total. The lowest BCUT2D eigenvalue weighted by molar-refractivity contribution is -0.277. The first-order chi connectivity index (χ1) is 59.8. The molecular weight excluding hydrogens is 1670 g/mol. The molecule has 3 aliphatic rings. The highest BCUT2D eigenvalue weighted by molar-refractivity contribution is 5.79. The Hall–Kier alpha value is -9.90. The molecule has 0 bridgehead atoms. The first kappa shape index (κ1) is 110. The summed E-state index contributed by atoms with van der Waals surface area (Å²) < 4.78 is 102. The predicted molar refractivity (Wildman–Crippen MR) is 432 cm³/mol. The van der Waals surface area contributed by atoms with Crippen LogP contribution in [0.15, 0.2) is 0 Å². The standard InChI is InChI=1S/C81H131N9O36/c1-48(91)88-69-75(121-57(10)100)72(118-54(7)97)60(26-42-112-51(4)94)124-78(69)113-36-17-14-23-63(103)82-30-20-33-85-66(106)27-39-109-45-81(13,46-110-40-28-67(107)86-34-21-31-83-64(104)24-15-18-37-114-79-70(89-49(2)92)76(122-58(11)101)73(119-55(8)98)61(125-79)43-116-52(5)95)47-111-41-29-68(108)87-35-22-32-84-65(105)25-16-19-38-115-80-71(90-50(3)93)77(123-59(12)102)74(120-56(9)99)62(126-80)44-117-53(6)96/h60-62,69-80H,14-47H2,1-13H3,(H,82,103)(H,83,104)(H,84,105)(H,85,106)(H,86,107)(H,87,108)(H,88,91)(H,89,92)(H,90,93)/t60-,61-,62-,69-,70-,71-,72+,73+,74+,75-,76-,77-,78-,79-,80-/m1/s1. The van der Waals surface area contributed by atoms with Crippen molar-refractivity contribution in [3.8, 4) is 0 Å². The topological polar surface area (TPSA) is 582 Å². The molecule has 15 atom stereocenters. The fraction of sp³-hybridized carbons (Fsp3) is 0.778. The van der Waals surface area contributed by atoms with Gasteiger partial charge in [0.25, 0.3) is 0 Å². The second-order valence-electron chi connectivity index (χ2n) is 30.3. The van der Waals surface area contributed by atoms with Gasteiger partial charge in [-0.1, -0.05) is 6.92 Å². The van der Waals surface area contributed by atoms with Crippen LogP contribution in [0.4, 0.5) is 0 Å². The van der Waals surface area contributed by atoms with Gasteiger partial charge in [0, 0.05) is 193 Å². The molecule has 9 amide bonds. The van der Waals surface area contributed by atoms with Gasteiger partial charge in [-0.15, -0.1) is 0 Å². The summed E-state index contributed by atoms with van der Waals surface area (Å²) >= 11 is 0. The highest BCUT2D eigenvalue weighted by atomic mass is 16.7. The van der Waals surface area contributed by atoms with Crippen LogP contribution in [-0.4, -0.2) is 317 Å². The molecule has 45 nitrogen and oxygen atoms in total. The van der Waals surface area contributed by atoms with E-state index in [1.54, 1.807) is 6.92 Å². The number of hydrogen-bond donors (Lipinski definition) is 9. The zero-order valence-corrected chi connectivity index (χ0v) is 74.4. The Kier molecular flexibility index (Phi) is 53.8. The van der Waals surface area contributed by atoms with Gasteiger partial charge in [0.2, 0.25) is 53.2 Å². The molecule has 3 saturated heterocycles. The third-order valence-corrected chi connectivity index (χ3v) is 18.5. The van der Waals surface area contributed by atoms with E-state index in [9.17, 15) is 86.3 Å². The van der Waals surface area contributed by atoms with Crippen LogP contribution in [0, 0.1) is 5.41 Å². The molecule has 3 fully saturated rings. The summed E-state index contributed by atoms with van der Waals surface area (Å²) in [4.78, 5) is 222. The minimum absolute atomic E-state index is 0.00671. The van der Waals surface area contributed by atoms with Gasteiger partial charge in [-0.3, -0.25) is 86.3 Å². The van der Waals surface area contributed by atoms with E-state index in [-0.39, 0.29) is 186 Å². The minimum atomic E-state index is -1.29. The van der Waals surface area contributed by atoms with Gasteiger partial charge in [-0.05, 0) is 57.8 Å². The van der Waals surface area contributed by atoms with Gasteiger partial charge < -0.3 is 133 Å². The lowest BCUT2D eigenvalue weighted by Gasteiger charge is -2.45. The third-order valence-electron chi connectivity index (χ3n) is 18.5. The minimum Gasteiger partial charge on any atom is -0.466 e. The van der Waals surface area contributed by atoms with Crippen LogP contribution in [0.3, 0.4) is 0 Å². The van der Waals surface area contributed by atoms with Crippen LogP contribution in [-0.2, 0) is 172 Å². The van der Waals surface area contributed by atoms with Crippen molar-refractivity contribution in [2.45, 2.75) is 285 Å². The van der Waals surface area contributed by atoms with E-state index in [2.05, 4.69) is 47.9 Å². The third kappa shape index (κ3) is 48.2. The van der Waals surface area contributed by atoms with Crippen molar-refractivity contribution in [2.75, 3.05) is 119 Å². The highest BCUT2D eigenvalue weighted by Gasteiger charge is 2.54. The molecule has 3 aliphatic heterocycles. The average molecular weight is 1810 g/mol. The van der Waals surface area contributed by atoms with Gasteiger partial charge in [0.05, 0.1) is 46.2 Å². The average Bonchev–Trinajstić information content (AvgIpc) is 0.796. The van der Waals surface area contributed by atoms with Gasteiger partial charge in [0.15, 0.2) is 55.5 Å². The molecule has 3 heterocycles. The zero-order chi connectivity index (χ0) is 93.7. The van der Waals surface area contributed by atoms with E-state index in [1.807, 2.05) is 0 Å². The summed E-state index contributed by atoms with van der Waals surface area (Å²) in [6, 6.07) is -3.41. The maximum atomic E-state index is 12.9. The smallest absolute Gasteiger partial charge is 0.303 e. The predicted octanol–water partition coefficient (Wildman–Crippen LogP) is -1.00. The van der Waals surface area contributed by atoms with Crippen LogP contribution in [0.5, 0.6) is 0 Å². The van der Waals surface area contributed by atoms with Gasteiger partial charge in [-0.2, -0.15) is 0 Å². The van der Waals surface area contributed by atoms with E-state index in [4.69, 9.17) is 85.3 Å². The number of unbranched alkanes of at least 4 members (excludes halogenated alkanes) is 3. The Balaban J connectivity index is 1.48. The molecular formula is C81H131N9O36. The lowest BCUT2D eigenvalue weighted by Crippen LogP contribution is -2.66. The number of ether oxygens (including phenoxy) is 18. The quantitative estimate of drug-likeness (QED) is 0.0200. The van der Waals surface area contributed by atoms with Crippen molar-refractivity contribution in [3.63, 3.8) is 0 Å². The molecule has 0 saturated carbocycles. The van der Waals surface area contributed by atoms with Crippen molar-refractivity contribution < 1.29 is 172 Å². The normalized spacial score (nSPS) is 21.9. The second kappa shape index (κ2) is 61.5. The van der Waals surface area contributed by atoms with E-state index < -0.39 is 182 Å². The van der Waals surface area contributed by atoms with Gasteiger partial charge in [0.1, 0.15) is 49.7 Å². The Bertz CT molecular complexity index is 3360. The summed E-state index contributed by atoms with van der Waals surface area (Å²) in [5.41, 5.74) is -0.854. The summed E-state index contributed by atoms with van der Waals surface area (Å²) in [7, 11) is 0. The first-order valence-corrected chi connectivity index (χ1v) is 42.2.